The maximum Gasteiger partial charge on any atom is 0.215 e. The molecule has 2 fully saturated rings. The highest BCUT2D eigenvalue weighted by Crippen LogP contribution is 2.12. The van der Waals surface area contributed by atoms with Crippen molar-refractivity contribution in [1.82, 2.24) is 14.9 Å². The van der Waals surface area contributed by atoms with E-state index in [1.807, 2.05) is 0 Å². The lowest BCUT2D eigenvalue weighted by Gasteiger charge is -2.25. The van der Waals surface area contributed by atoms with E-state index in [1.165, 1.54) is 25.9 Å². The second kappa shape index (κ2) is 7.02. The van der Waals surface area contributed by atoms with E-state index < -0.39 is 10.0 Å². The van der Waals surface area contributed by atoms with Crippen molar-refractivity contribution in [1.29, 1.82) is 0 Å². The monoisotopic (exact) mass is 289 g/mol. The molecular weight excluding hydrogens is 262 g/mol. The number of piperidine rings is 1. The third-order valence-corrected chi connectivity index (χ3v) is 5.94. The number of hydrogen-bond donors (Lipinski definition) is 2. The quantitative estimate of drug-likeness (QED) is 0.742. The van der Waals surface area contributed by atoms with Crippen LogP contribution >= 0.6 is 0 Å². The van der Waals surface area contributed by atoms with Gasteiger partial charge in [0.05, 0.1) is 5.25 Å². The van der Waals surface area contributed by atoms with E-state index in [1.54, 1.807) is 0 Å². The lowest BCUT2D eigenvalue weighted by Crippen LogP contribution is -2.45. The van der Waals surface area contributed by atoms with E-state index in [4.69, 9.17) is 0 Å². The Bertz CT molecular complexity index is 360. The minimum Gasteiger partial charge on any atom is -0.315 e. The Morgan fingerprint density at radius 1 is 1.32 bits per heavy atom. The van der Waals surface area contributed by atoms with E-state index >= 15 is 0 Å². The van der Waals surface area contributed by atoms with Crippen molar-refractivity contribution in [3.05, 3.63) is 0 Å². The lowest BCUT2D eigenvalue weighted by atomic mass is 10.2. The molecule has 2 rings (SSSR count). The van der Waals surface area contributed by atoms with Crippen LogP contribution in [0.2, 0.25) is 0 Å². The second-order valence-corrected chi connectivity index (χ2v) is 8.02. The van der Waals surface area contributed by atoms with Crippen LogP contribution in [-0.4, -0.2) is 57.8 Å². The van der Waals surface area contributed by atoms with Gasteiger partial charge in [-0.25, -0.2) is 13.1 Å². The minimum atomic E-state index is -3.14. The first-order valence-corrected chi connectivity index (χ1v) is 9.04. The third-order valence-electron chi connectivity index (χ3n) is 4.09. The zero-order valence-electron chi connectivity index (χ0n) is 11.9. The summed E-state index contributed by atoms with van der Waals surface area (Å²) in [4.78, 5) is 2.43. The van der Waals surface area contributed by atoms with Crippen molar-refractivity contribution in [3.63, 3.8) is 0 Å². The van der Waals surface area contributed by atoms with Crippen LogP contribution in [-0.2, 0) is 10.0 Å². The van der Waals surface area contributed by atoms with Crippen LogP contribution in [0.1, 0.15) is 32.6 Å². The van der Waals surface area contributed by atoms with Crippen molar-refractivity contribution in [2.24, 2.45) is 5.92 Å². The number of nitrogens with one attached hydrogen (secondary N) is 2. The molecule has 112 valence electrons. The highest BCUT2D eigenvalue weighted by molar-refractivity contribution is 7.90. The van der Waals surface area contributed by atoms with Gasteiger partial charge in [-0.1, -0.05) is 6.92 Å². The van der Waals surface area contributed by atoms with Crippen molar-refractivity contribution in [2.45, 2.75) is 37.9 Å². The summed E-state index contributed by atoms with van der Waals surface area (Å²) in [7, 11) is -3.14. The minimum absolute atomic E-state index is 0.250. The van der Waals surface area contributed by atoms with Gasteiger partial charge in [0.2, 0.25) is 10.0 Å². The van der Waals surface area contributed by atoms with E-state index in [-0.39, 0.29) is 5.25 Å². The van der Waals surface area contributed by atoms with Crippen LogP contribution in [0.15, 0.2) is 0 Å². The molecule has 2 aliphatic heterocycles. The summed E-state index contributed by atoms with van der Waals surface area (Å²) in [5.74, 6) is 0.379. The van der Waals surface area contributed by atoms with Gasteiger partial charge in [0.25, 0.3) is 0 Å². The van der Waals surface area contributed by atoms with Gasteiger partial charge < -0.3 is 10.2 Å². The normalized spacial score (nSPS) is 27.5. The third kappa shape index (κ3) is 4.70. The molecule has 2 N–H and O–H groups in total. The first-order valence-electron chi connectivity index (χ1n) is 7.49. The topological polar surface area (TPSA) is 61.4 Å². The summed E-state index contributed by atoms with van der Waals surface area (Å²) >= 11 is 0. The van der Waals surface area contributed by atoms with Gasteiger partial charge in [-0.2, -0.15) is 0 Å². The van der Waals surface area contributed by atoms with Gasteiger partial charge in [-0.15, -0.1) is 0 Å². The van der Waals surface area contributed by atoms with Gasteiger partial charge >= 0.3 is 0 Å². The highest BCUT2D eigenvalue weighted by atomic mass is 32.2. The molecule has 2 heterocycles. The van der Waals surface area contributed by atoms with E-state index in [9.17, 15) is 8.42 Å². The Morgan fingerprint density at radius 2 is 2.05 bits per heavy atom. The van der Waals surface area contributed by atoms with Crippen molar-refractivity contribution in [3.8, 4) is 0 Å². The van der Waals surface area contributed by atoms with Gasteiger partial charge in [0.15, 0.2) is 0 Å². The van der Waals surface area contributed by atoms with E-state index in [0.29, 0.717) is 19.0 Å². The Morgan fingerprint density at radius 3 is 2.68 bits per heavy atom. The fourth-order valence-electron chi connectivity index (χ4n) is 2.93. The first-order chi connectivity index (χ1) is 9.08. The van der Waals surface area contributed by atoms with Crippen molar-refractivity contribution in [2.75, 3.05) is 39.3 Å². The average Bonchev–Trinajstić information content (AvgIpc) is 2.90. The second-order valence-electron chi connectivity index (χ2n) is 5.97. The van der Waals surface area contributed by atoms with Crippen LogP contribution in [0.25, 0.3) is 0 Å². The standard InChI is InChI=1S/C13H27N3O2S/c1-12(11-16-7-2-3-8-16)9-15-19(17,18)13-5-4-6-14-10-13/h12-15H,2-11H2,1H3. The summed E-state index contributed by atoms with van der Waals surface area (Å²) in [5, 5.41) is 2.91. The number of likely N-dealkylation sites (tertiary alicyclic amines) is 1. The lowest BCUT2D eigenvalue weighted by molar-refractivity contribution is 0.288. The van der Waals surface area contributed by atoms with Gasteiger partial charge in [0.1, 0.15) is 0 Å². The molecule has 6 heteroatoms. The summed E-state index contributed by atoms with van der Waals surface area (Å²) in [5.41, 5.74) is 0. The highest BCUT2D eigenvalue weighted by Gasteiger charge is 2.27. The molecule has 0 spiro atoms. The van der Waals surface area contributed by atoms with Crippen LogP contribution in [0.3, 0.4) is 0 Å². The molecule has 0 saturated carbocycles. The molecule has 2 atom stereocenters. The van der Waals surface area contributed by atoms with Gasteiger partial charge in [0, 0.05) is 19.6 Å². The smallest absolute Gasteiger partial charge is 0.215 e. The molecule has 2 unspecified atom stereocenters. The van der Waals surface area contributed by atoms with E-state index in [2.05, 4.69) is 21.9 Å². The van der Waals surface area contributed by atoms with Crippen LogP contribution in [0.4, 0.5) is 0 Å². The van der Waals surface area contributed by atoms with Crippen LogP contribution in [0, 0.1) is 5.92 Å². The predicted molar refractivity (Wildman–Crippen MR) is 77.7 cm³/mol. The number of hydrogen-bond acceptors (Lipinski definition) is 4. The molecule has 0 aromatic rings. The Kier molecular flexibility index (Phi) is 5.62. The SMILES string of the molecule is CC(CNS(=O)(=O)C1CCCNC1)CN1CCCC1. The molecule has 0 aliphatic carbocycles. The fourth-order valence-corrected chi connectivity index (χ4v) is 4.50. The predicted octanol–water partition coefficient (Wildman–Crippen LogP) is 0.390. The van der Waals surface area contributed by atoms with Crippen LogP contribution in [0.5, 0.6) is 0 Å². The van der Waals surface area contributed by atoms with Crippen molar-refractivity contribution >= 4 is 10.0 Å². The molecule has 0 aromatic carbocycles. The Labute approximate surface area is 117 Å². The number of nitrogens with zero attached hydrogens (tertiary/aromatic N) is 1. The van der Waals surface area contributed by atoms with Crippen LogP contribution < -0.4 is 10.0 Å². The molecule has 0 amide bonds. The fraction of sp³-hybridized carbons (Fsp3) is 1.00. The summed E-state index contributed by atoms with van der Waals surface area (Å²) < 4.78 is 27.1. The maximum absolute atomic E-state index is 12.2. The molecule has 0 bridgehead atoms. The largest absolute Gasteiger partial charge is 0.315 e. The summed E-state index contributed by atoms with van der Waals surface area (Å²) in [6.07, 6.45) is 4.30. The molecular formula is C13H27N3O2S. The maximum atomic E-state index is 12.2. The molecule has 2 saturated heterocycles. The molecule has 2 aliphatic rings. The summed E-state index contributed by atoms with van der Waals surface area (Å²) in [6, 6.07) is 0. The molecule has 0 aromatic heterocycles. The van der Waals surface area contributed by atoms with Gasteiger partial charge in [-0.3, -0.25) is 0 Å². The molecule has 5 nitrogen and oxygen atoms in total. The Hall–Kier alpha value is -0.170. The van der Waals surface area contributed by atoms with Gasteiger partial charge in [-0.05, 0) is 51.2 Å². The number of sulfonamides is 1. The zero-order chi connectivity index (χ0) is 13.7. The van der Waals surface area contributed by atoms with E-state index in [0.717, 1.165) is 25.9 Å². The number of rotatable bonds is 6. The van der Waals surface area contributed by atoms with Crippen molar-refractivity contribution < 1.29 is 8.42 Å². The zero-order valence-corrected chi connectivity index (χ0v) is 12.7. The Balaban J connectivity index is 1.73. The first kappa shape index (κ1) is 15.2. The molecule has 0 radical (unpaired) electrons. The average molecular weight is 289 g/mol. The molecule has 19 heavy (non-hydrogen) atoms. The summed E-state index contributed by atoms with van der Waals surface area (Å²) in [6.45, 7) is 7.57.